The predicted octanol–water partition coefficient (Wildman–Crippen LogP) is 2.30. The summed E-state index contributed by atoms with van der Waals surface area (Å²) in [5.74, 6) is 1.19. The summed E-state index contributed by atoms with van der Waals surface area (Å²) in [6, 6.07) is 11.7. The van der Waals surface area contributed by atoms with Gasteiger partial charge >= 0.3 is 0 Å². The van der Waals surface area contributed by atoms with Crippen molar-refractivity contribution in [2.75, 3.05) is 7.11 Å². The van der Waals surface area contributed by atoms with Gasteiger partial charge in [-0.25, -0.2) is 4.98 Å². The Morgan fingerprint density at radius 3 is 2.85 bits per heavy atom. The Morgan fingerprint density at radius 1 is 1.20 bits per heavy atom. The van der Waals surface area contributed by atoms with Crippen LogP contribution in [0.25, 0.3) is 22.3 Å². The van der Waals surface area contributed by atoms with E-state index in [0.29, 0.717) is 22.5 Å². The number of ether oxygens (including phenoxy) is 1. The Balaban J connectivity index is 2.23. The van der Waals surface area contributed by atoms with Crippen LogP contribution in [-0.2, 0) is 0 Å². The molecule has 0 amide bonds. The molecule has 2 N–H and O–H groups in total. The van der Waals surface area contributed by atoms with Crippen LogP contribution < -0.4 is 10.3 Å². The van der Waals surface area contributed by atoms with Gasteiger partial charge in [0.25, 0.3) is 5.56 Å². The lowest BCUT2D eigenvalue weighted by Crippen LogP contribution is -2.09. The second-order valence-electron chi connectivity index (χ2n) is 4.35. The van der Waals surface area contributed by atoms with Crippen LogP contribution in [0.2, 0.25) is 0 Å². The van der Waals surface area contributed by atoms with E-state index in [1.807, 2.05) is 18.2 Å². The van der Waals surface area contributed by atoms with Crippen molar-refractivity contribution in [1.82, 2.24) is 9.97 Å². The minimum absolute atomic E-state index is 0.0761. The topological polar surface area (TPSA) is 75.2 Å². The maximum Gasteiger partial charge on any atom is 0.259 e. The standard InChI is InChI=1S/C15H12N2O3/c1-20-11-4-2-3-9(7-11)14-16-13-8-10(18)5-6-12(13)15(19)17-14/h2-8,18H,1H3,(H,16,17,19). The average Bonchev–Trinajstić information content (AvgIpc) is 2.46. The van der Waals surface area contributed by atoms with Crippen molar-refractivity contribution >= 4 is 10.9 Å². The number of phenols is 1. The largest absolute Gasteiger partial charge is 0.508 e. The highest BCUT2D eigenvalue weighted by molar-refractivity contribution is 5.80. The quantitative estimate of drug-likeness (QED) is 0.747. The highest BCUT2D eigenvalue weighted by atomic mass is 16.5. The number of aromatic amines is 1. The van der Waals surface area contributed by atoms with Crippen molar-refractivity contribution in [3.63, 3.8) is 0 Å². The molecule has 0 aliphatic rings. The SMILES string of the molecule is COc1cccc(-c2nc3cc(O)ccc3c(=O)[nH]2)c1. The molecule has 5 heteroatoms. The first-order valence-corrected chi connectivity index (χ1v) is 6.05. The Labute approximate surface area is 114 Å². The van der Waals surface area contributed by atoms with E-state index in [1.165, 1.54) is 12.1 Å². The number of aromatic hydroxyl groups is 1. The van der Waals surface area contributed by atoms with Crippen LogP contribution in [0.1, 0.15) is 0 Å². The van der Waals surface area contributed by atoms with Gasteiger partial charge in [-0.15, -0.1) is 0 Å². The number of nitrogens with zero attached hydrogens (tertiary/aromatic N) is 1. The third-order valence-corrected chi connectivity index (χ3v) is 3.03. The van der Waals surface area contributed by atoms with E-state index in [9.17, 15) is 9.90 Å². The number of H-pyrrole nitrogens is 1. The summed E-state index contributed by atoms with van der Waals surface area (Å²) in [6.45, 7) is 0. The van der Waals surface area contributed by atoms with Gasteiger partial charge < -0.3 is 14.8 Å². The fraction of sp³-hybridized carbons (Fsp3) is 0.0667. The lowest BCUT2D eigenvalue weighted by atomic mass is 10.2. The molecule has 20 heavy (non-hydrogen) atoms. The van der Waals surface area contributed by atoms with E-state index >= 15 is 0 Å². The van der Waals surface area contributed by atoms with Gasteiger partial charge in [0.1, 0.15) is 17.3 Å². The van der Waals surface area contributed by atoms with E-state index in [2.05, 4.69) is 9.97 Å². The van der Waals surface area contributed by atoms with Crippen LogP contribution in [0.15, 0.2) is 47.3 Å². The first kappa shape index (κ1) is 12.2. The van der Waals surface area contributed by atoms with Gasteiger partial charge in [-0.2, -0.15) is 0 Å². The molecule has 0 saturated heterocycles. The van der Waals surface area contributed by atoms with Crippen LogP contribution in [-0.4, -0.2) is 22.2 Å². The maximum absolute atomic E-state index is 12.0. The third-order valence-electron chi connectivity index (χ3n) is 3.03. The van der Waals surface area contributed by atoms with Crippen molar-refractivity contribution in [1.29, 1.82) is 0 Å². The zero-order valence-electron chi connectivity index (χ0n) is 10.8. The van der Waals surface area contributed by atoms with Gasteiger partial charge in [0.2, 0.25) is 0 Å². The van der Waals surface area contributed by atoms with Crippen LogP contribution >= 0.6 is 0 Å². The van der Waals surface area contributed by atoms with Crippen molar-refractivity contribution in [3.8, 4) is 22.9 Å². The molecule has 100 valence electrons. The van der Waals surface area contributed by atoms with Crippen LogP contribution in [0.5, 0.6) is 11.5 Å². The first-order valence-electron chi connectivity index (χ1n) is 6.05. The summed E-state index contributed by atoms with van der Waals surface area (Å²) in [5, 5.41) is 9.93. The molecule has 1 heterocycles. The fourth-order valence-electron chi connectivity index (χ4n) is 2.03. The highest BCUT2D eigenvalue weighted by Crippen LogP contribution is 2.22. The molecule has 0 atom stereocenters. The number of hydrogen-bond donors (Lipinski definition) is 2. The lowest BCUT2D eigenvalue weighted by Gasteiger charge is -2.05. The molecule has 2 aromatic carbocycles. The Kier molecular flexibility index (Phi) is 2.87. The average molecular weight is 268 g/mol. The van der Waals surface area contributed by atoms with E-state index in [1.54, 1.807) is 19.2 Å². The summed E-state index contributed by atoms with van der Waals surface area (Å²) in [4.78, 5) is 19.1. The van der Waals surface area contributed by atoms with Crippen molar-refractivity contribution < 1.29 is 9.84 Å². The minimum Gasteiger partial charge on any atom is -0.508 e. The highest BCUT2D eigenvalue weighted by Gasteiger charge is 2.07. The van der Waals surface area contributed by atoms with E-state index in [0.717, 1.165) is 5.56 Å². The predicted molar refractivity (Wildman–Crippen MR) is 76.0 cm³/mol. The number of fused-ring (bicyclic) bond motifs is 1. The van der Waals surface area contributed by atoms with Crippen molar-refractivity contribution in [2.45, 2.75) is 0 Å². The van der Waals surface area contributed by atoms with E-state index < -0.39 is 0 Å². The lowest BCUT2D eigenvalue weighted by molar-refractivity contribution is 0.415. The molecule has 5 nitrogen and oxygen atoms in total. The molecule has 0 aliphatic carbocycles. The van der Waals surface area contributed by atoms with Crippen LogP contribution in [0.4, 0.5) is 0 Å². The number of aromatic nitrogens is 2. The third kappa shape index (κ3) is 2.09. The number of methoxy groups -OCH3 is 1. The molecule has 0 unspecified atom stereocenters. The summed E-state index contributed by atoms with van der Waals surface area (Å²) in [5.41, 5.74) is 0.950. The molecule has 1 aromatic heterocycles. The molecule has 0 radical (unpaired) electrons. The molecule has 3 rings (SSSR count). The molecule has 3 aromatic rings. The molecule has 0 fully saturated rings. The maximum atomic E-state index is 12.0. The minimum atomic E-state index is -0.243. The smallest absolute Gasteiger partial charge is 0.259 e. The molecular formula is C15H12N2O3. The fourth-order valence-corrected chi connectivity index (χ4v) is 2.03. The number of benzene rings is 2. The molecular weight excluding hydrogens is 256 g/mol. The monoisotopic (exact) mass is 268 g/mol. The summed E-state index contributed by atoms with van der Waals surface area (Å²) in [6.07, 6.45) is 0. The normalized spacial score (nSPS) is 10.7. The molecule has 0 saturated carbocycles. The van der Waals surface area contributed by atoms with Gasteiger partial charge in [-0.3, -0.25) is 4.79 Å². The summed E-state index contributed by atoms with van der Waals surface area (Å²) >= 11 is 0. The zero-order chi connectivity index (χ0) is 14.1. The summed E-state index contributed by atoms with van der Waals surface area (Å²) < 4.78 is 5.15. The van der Waals surface area contributed by atoms with Gasteiger partial charge in [0.15, 0.2) is 0 Å². The number of hydrogen-bond acceptors (Lipinski definition) is 4. The van der Waals surface area contributed by atoms with Gasteiger partial charge in [-0.1, -0.05) is 12.1 Å². The molecule has 0 bridgehead atoms. The second-order valence-corrected chi connectivity index (χ2v) is 4.35. The van der Waals surface area contributed by atoms with E-state index in [-0.39, 0.29) is 11.3 Å². The Bertz CT molecular complexity index is 840. The number of nitrogens with one attached hydrogen (secondary N) is 1. The second kappa shape index (κ2) is 4.70. The van der Waals surface area contributed by atoms with Crippen LogP contribution in [0, 0.1) is 0 Å². The summed E-state index contributed by atoms with van der Waals surface area (Å²) in [7, 11) is 1.58. The first-order chi connectivity index (χ1) is 9.67. The van der Waals surface area contributed by atoms with E-state index in [4.69, 9.17) is 4.74 Å². The van der Waals surface area contributed by atoms with Crippen molar-refractivity contribution in [3.05, 3.63) is 52.8 Å². The number of rotatable bonds is 2. The van der Waals surface area contributed by atoms with Gasteiger partial charge in [0, 0.05) is 11.6 Å². The molecule has 0 spiro atoms. The van der Waals surface area contributed by atoms with Gasteiger partial charge in [-0.05, 0) is 24.3 Å². The van der Waals surface area contributed by atoms with Crippen LogP contribution in [0.3, 0.4) is 0 Å². The number of phenolic OH excluding ortho intramolecular Hbond substituents is 1. The molecule has 0 aliphatic heterocycles. The zero-order valence-corrected chi connectivity index (χ0v) is 10.8. The Morgan fingerprint density at radius 2 is 2.05 bits per heavy atom. The Hall–Kier alpha value is -2.82. The van der Waals surface area contributed by atoms with Gasteiger partial charge in [0.05, 0.1) is 18.0 Å². The van der Waals surface area contributed by atoms with Crippen molar-refractivity contribution in [2.24, 2.45) is 0 Å².